The molecule has 0 bridgehead atoms. The summed E-state index contributed by atoms with van der Waals surface area (Å²) in [6, 6.07) is 1.15. The Labute approximate surface area is 256 Å². The number of likely N-dealkylation sites (tertiary alicyclic amines) is 1. The van der Waals surface area contributed by atoms with Gasteiger partial charge in [0.25, 0.3) is 5.91 Å². The van der Waals surface area contributed by atoms with Crippen molar-refractivity contribution in [3.8, 4) is 0 Å². The number of piperidine rings is 1. The number of rotatable bonds is 6. The van der Waals surface area contributed by atoms with E-state index in [1.165, 1.54) is 17.0 Å². The maximum atomic E-state index is 14.9. The van der Waals surface area contributed by atoms with E-state index in [-0.39, 0.29) is 32.5 Å². The van der Waals surface area contributed by atoms with E-state index in [0.29, 0.717) is 16.0 Å². The highest BCUT2D eigenvalue weighted by Crippen LogP contribution is 2.44. The van der Waals surface area contributed by atoms with Crippen LogP contribution in [0.5, 0.6) is 0 Å². The Morgan fingerprint density at radius 3 is 1.72 bits per heavy atom. The number of hydrogen-bond donors (Lipinski definition) is 1. The summed E-state index contributed by atoms with van der Waals surface area (Å²) in [5, 5.41) is 1.60. The molecule has 2 fully saturated rings. The number of nitrogens with zero attached hydrogens (tertiary/aromatic N) is 2. The normalized spacial score (nSPS) is 18.8. The third-order valence-corrected chi connectivity index (χ3v) is 9.23. The van der Waals surface area contributed by atoms with Crippen LogP contribution in [0.25, 0.3) is 0 Å². The van der Waals surface area contributed by atoms with Crippen molar-refractivity contribution in [3.05, 3.63) is 98.6 Å². The SMILES string of the molecule is O=C1CCC(N2Cc3cc(SC4CN(C(c5c(F)c(F)c(F)c(F)c5F)c5c(F)c(F)c(F)c(F)c5F)C4)ccc3C2=O)C(=O)N1. The fourth-order valence-electron chi connectivity index (χ4n) is 5.80. The van der Waals surface area contributed by atoms with E-state index in [9.17, 15) is 58.3 Å². The van der Waals surface area contributed by atoms with Crippen LogP contribution in [-0.2, 0) is 16.1 Å². The van der Waals surface area contributed by atoms with Crippen LogP contribution < -0.4 is 5.32 Å². The first-order valence-electron chi connectivity index (χ1n) is 13.4. The predicted molar refractivity (Wildman–Crippen MR) is 138 cm³/mol. The molecule has 3 aromatic carbocycles. The lowest BCUT2D eigenvalue weighted by Gasteiger charge is -2.44. The van der Waals surface area contributed by atoms with E-state index >= 15 is 0 Å². The summed E-state index contributed by atoms with van der Waals surface area (Å²) < 4.78 is 144. The van der Waals surface area contributed by atoms with Crippen molar-refractivity contribution in [1.29, 1.82) is 0 Å². The molecule has 3 aliphatic rings. The molecular weight excluding hydrogens is 660 g/mol. The van der Waals surface area contributed by atoms with E-state index in [0.717, 1.165) is 16.7 Å². The van der Waals surface area contributed by atoms with Crippen LogP contribution in [0.3, 0.4) is 0 Å². The van der Waals surface area contributed by atoms with Gasteiger partial charge in [0.05, 0.1) is 17.2 Å². The molecule has 0 spiro atoms. The number of hydrogen-bond acceptors (Lipinski definition) is 5. The second kappa shape index (κ2) is 11.6. The number of carbonyl (C=O) groups excluding carboxylic acids is 3. The molecule has 3 aliphatic heterocycles. The highest BCUT2D eigenvalue weighted by molar-refractivity contribution is 8.00. The lowest BCUT2D eigenvalue weighted by Crippen LogP contribution is -2.52. The summed E-state index contributed by atoms with van der Waals surface area (Å²) in [5.41, 5.74) is -2.78. The summed E-state index contributed by atoms with van der Waals surface area (Å²) in [7, 11) is 0. The average Bonchev–Trinajstić information content (AvgIpc) is 3.33. The zero-order valence-corrected chi connectivity index (χ0v) is 23.6. The van der Waals surface area contributed by atoms with Crippen LogP contribution in [0.15, 0.2) is 23.1 Å². The molecule has 3 aromatic rings. The van der Waals surface area contributed by atoms with Crippen molar-refractivity contribution in [2.24, 2.45) is 0 Å². The van der Waals surface area contributed by atoms with E-state index in [1.807, 2.05) is 0 Å². The first-order valence-corrected chi connectivity index (χ1v) is 14.3. The molecule has 0 aliphatic carbocycles. The third kappa shape index (κ3) is 4.99. The van der Waals surface area contributed by atoms with E-state index in [2.05, 4.69) is 5.32 Å². The van der Waals surface area contributed by atoms with Crippen molar-refractivity contribution in [2.45, 2.75) is 41.6 Å². The Bertz CT molecular complexity index is 1720. The van der Waals surface area contributed by atoms with Gasteiger partial charge in [-0.1, -0.05) is 0 Å². The van der Waals surface area contributed by atoms with Gasteiger partial charge in [-0.05, 0) is 30.2 Å². The minimum Gasteiger partial charge on any atom is -0.322 e. The molecular formula is C29H17F10N3O3S. The maximum absolute atomic E-state index is 14.9. The molecule has 1 unspecified atom stereocenters. The van der Waals surface area contributed by atoms with Gasteiger partial charge in [0.2, 0.25) is 23.4 Å². The number of halogens is 10. The molecule has 1 atom stereocenters. The number of nitrogens with one attached hydrogen (secondary N) is 1. The minimum absolute atomic E-state index is 0.0359. The summed E-state index contributed by atoms with van der Waals surface area (Å²) >= 11 is 1.09. The highest BCUT2D eigenvalue weighted by Gasteiger charge is 2.45. The summed E-state index contributed by atoms with van der Waals surface area (Å²) in [5.74, 6) is -26.6. The van der Waals surface area contributed by atoms with Gasteiger partial charge in [-0.2, -0.15) is 0 Å². The second-order valence-electron chi connectivity index (χ2n) is 10.8. The molecule has 0 aromatic heterocycles. The molecule has 3 amide bonds. The van der Waals surface area contributed by atoms with Crippen LogP contribution in [0.1, 0.15) is 45.9 Å². The molecule has 0 radical (unpaired) electrons. The van der Waals surface area contributed by atoms with Crippen molar-refractivity contribution in [2.75, 3.05) is 13.1 Å². The Balaban J connectivity index is 1.27. The van der Waals surface area contributed by atoms with Gasteiger partial charge in [0.15, 0.2) is 46.5 Å². The third-order valence-electron chi connectivity index (χ3n) is 8.07. The standard InChI is InChI=1S/C29H17F10N3O3S/c30-17-15(18(31)22(35)25(38)21(17)34)27(16-19(32)23(36)26(39)24(37)20(16)33)41-7-11(8-41)46-10-1-2-12-9(5-10)6-42(29(12)45)13-3-4-14(43)40-28(13)44/h1-2,5,11,13,27H,3-4,6-8H2,(H,40,43,44). The number of thioether (sulfide) groups is 1. The molecule has 242 valence electrons. The first kappa shape index (κ1) is 31.8. The Hall–Kier alpha value is -4.12. The topological polar surface area (TPSA) is 69.7 Å². The summed E-state index contributed by atoms with van der Waals surface area (Å²) in [4.78, 5) is 39.3. The lowest BCUT2D eigenvalue weighted by molar-refractivity contribution is -0.136. The van der Waals surface area contributed by atoms with Gasteiger partial charge in [-0.15, -0.1) is 11.8 Å². The van der Waals surface area contributed by atoms with Crippen molar-refractivity contribution >= 4 is 29.5 Å². The van der Waals surface area contributed by atoms with Gasteiger partial charge < -0.3 is 4.90 Å². The fraction of sp³-hybridized carbons (Fsp3) is 0.276. The second-order valence-corrected chi connectivity index (χ2v) is 12.2. The lowest BCUT2D eigenvalue weighted by atomic mass is 9.91. The molecule has 3 heterocycles. The molecule has 6 nitrogen and oxygen atoms in total. The van der Waals surface area contributed by atoms with Gasteiger partial charge in [0.1, 0.15) is 6.04 Å². The van der Waals surface area contributed by atoms with Crippen molar-refractivity contribution in [1.82, 2.24) is 15.1 Å². The molecule has 46 heavy (non-hydrogen) atoms. The summed E-state index contributed by atoms with van der Waals surface area (Å²) in [6.45, 7) is -0.701. The number of amides is 3. The number of imide groups is 1. The van der Waals surface area contributed by atoms with E-state index in [4.69, 9.17) is 0 Å². The van der Waals surface area contributed by atoms with Crippen LogP contribution in [0.2, 0.25) is 0 Å². The van der Waals surface area contributed by atoms with Gasteiger partial charge in [-0.25, -0.2) is 43.9 Å². The fourth-order valence-corrected chi connectivity index (χ4v) is 7.08. The zero-order valence-electron chi connectivity index (χ0n) is 22.8. The highest BCUT2D eigenvalue weighted by atomic mass is 32.2. The predicted octanol–water partition coefficient (Wildman–Crippen LogP) is 5.40. The van der Waals surface area contributed by atoms with Crippen molar-refractivity contribution in [3.63, 3.8) is 0 Å². The minimum atomic E-state index is -2.61. The smallest absolute Gasteiger partial charge is 0.255 e. The van der Waals surface area contributed by atoms with Crippen molar-refractivity contribution < 1.29 is 58.3 Å². The number of fused-ring (bicyclic) bond motifs is 1. The Morgan fingerprint density at radius 2 is 1.22 bits per heavy atom. The van der Waals surface area contributed by atoms with Crippen LogP contribution in [0, 0.1) is 58.2 Å². The average molecular weight is 678 g/mol. The van der Waals surface area contributed by atoms with Gasteiger partial charge in [0, 0.05) is 41.8 Å². The van der Waals surface area contributed by atoms with E-state index in [1.54, 1.807) is 6.07 Å². The molecule has 17 heteroatoms. The Morgan fingerprint density at radius 1 is 0.717 bits per heavy atom. The Kier molecular flexibility index (Phi) is 8.03. The molecule has 1 N–H and O–H groups in total. The first-order chi connectivity index (χ1) is 21.7. The summed E-state index contributed by atoms with van der Waals surface area (Å²) in [6.07, 6.45) is 0.185. The number of carbonyl (C=O) groups is 3. The van der Waals surface area contributed by atoms with Gasteiger partial charge >= 0.3 is 0 Å². The van der Waals surface area contributed by atoms with Crippen LogP contribution in [0.4, 0.5) is 43.9 Å². The molecule has 0 saturated carbocycles. The zero-order chi connectivity index (χ0) is 33.4. The largest absolute Gasteiger partial charge is 0.322 e. The number of benzene rings is 3. The quantitative estimate of drug-likeness (QED) is 0.164. The van der Waals surface area contributed by atoms with Gasteiger partial charge in [-0.3, -0.25) is 24.6 Å². The molecule has 6 rings (SSSR count). The molecule has 2 saturated heterocycles. The monoisotopic (exact) mass is 677 g/mol. The maximum Gasteiger partial charge on any atom is 0.255 e. The van der Waals surface area contributed by atoms with Crippen LogP contribution in [-0.4, -0.2) is 51.9 Å². The van der Waals surface area contributed by atoms with E-state index < -0.39 is 104 Å². The van der Waals surface area contributed by atoms with Crippen LogP contribution >= 0.6 is 11.8 Å².